The number of carbonyl (C=O) groups excluding carboxylic acids is 1. The molecule has 0 saturated carbocycles. The van der Waals surface area contributed by atoms with Crippen LogP contribution in [-0.2, 0) is 18.4 Å². The smallest absolute Gasteiger partial charge is 0.268 e. The van der Waals surface area contributed by atoms with Crippen molar-refractivity contribution < 1.29 is 32.9 Å². The highest BCUT2D eigenvalue weighted by atomic mass is 31.2. The number of hydrogen-bond donors (Lipinski definition) is 2. The number of likely N-dealkylation sites (N-methyl/N-ethyl adjacent to an activating group) is 1. The van der Waals surface area contributed by atoms with Crippen LogP contribution in [0.2, 0.25) is 0 Å². The number of aliphatic hydroxyl groups excluding tert-OH is 1. The maximum atomic E-state index is 12.9. The maximum absolute atomic E-state index is 12.9. The van der Waals surface area contributed by atoms with Gasteiger partial charge >= 0.3 is 0 Å². The second-order valence-corrected chi connectivity index (χ2v) is 23.1. The first-order chi connectivity index (χ1) is 35.0. The zero-order valence-electron chi connectivity index (χ0n) is 47.9. The van der Waals surface area contributed by atoms with Gasteiger partial charge in [-0.3, -0.25) is 9.36 Å². The number of phosphoric ester groups is 1. The number of aliphatic hydroxyl groups is 1. The van der Waals surface area contributed by atoms with Crippen molar-refractivity contribution in [2.45, 2.75) is 283 Å². The van der Waals surface area contributed by atoms with Gasteiger partial charge in [0.05, 0.1) is 39.9 Å². The number of carbonyl (C=O) groups is 1. The van der Waals surface area contributed by atoms with Crippen molar-refractivity contribution in [3.05, 3.63) is 72.9 Å². The van der Waals surface area contributed by atoms with Crippen molar-refractivity contribution in [3.63, 3.8) is 0 Å². The first-order valence-electron chi connectivity index (χ1n) is 30.3. The summed E-state index contributed by atoms with van der Waals surface area (Å²) < 4.78 is 23.2. The minimum absolute atomic E-state index is 0.00647. The van der Waals surface area contributed by atoms with Gasteiger partial charge in [-0.1, -0.05) is 267 Å². The Balaban J connectivity index is 3.86. The molecule has 3 unspecified atom stereocenters. The number of hydrogen-bond acceptors (Lipinski definition) is 6. The Labute approximate surface area is 446 Å². The molecule has 0 aliphatic rings. The van der Waals surface area contributed by atoms with Gasteiger partial charge in [0.15, 0.2) is 0 Å². The Hall–Kier alpha value is -2.06. The first-order valence-corrected chi connectivity index (χ1v) is 31.8. The standard InChI is InChI=1S/C63H117N2O6P/c1-6-8-10-12-14-16-18-19-20-21-22-23-24-25-26-27-28-29-30-31-32-33-34-35-36-37-38-39-40-41-42-43-44-45-47-49-51-53-55-57-63(67)64-61(60-71-72(68,69)70-59-58-65(3,4)5)62(66)56-54-52-50-48-46-17-15-13-11-9-7-2/h8,10,14,16,19-20,22-23,46,48,54,56,61-62,66H,6-7,9,11-13,15,17-18,21,24-45,47,49-53,55,57-60H2,1-5H3,(H-,64,67,68,69)/b10-8-,16-14-,20-19-,23-22-,48-46+,56-54+. The Morgan fingerprint density at radius 3 is 1.29 bits per heavy atom. The van der Waals surface area contributed by atoms with E-state index in [1.54, 1.807) is 6.08 Å². The lowest BCUT2D eigenvalue weighted by Crippen LogP contribution is -2.45. The minimum Gasteiger partial charge on any atom is -0.756 e. The van der Waals surface area contributed by atoms with Gasteiger partial charge in [0.1, 0.15) is 13.2 Å². The van der Waals surface area contributed by atoms with Gasteiger partial charge in [0.2, 0.25) is 5.91 Å². The van der Waals surface area contributed by atoms with Gasteiger partial charge in [-0.25, -0.2) is 0 Å². The van der Waals surface area contributed by atoms with Crippen molar-refractivity contribution in [2.75, 3.05) is 40.9 Å². The topological polar surface area (TPSA) is 108 Å². The largest absolute Gasteiger partial charge is 0.756 e. The average molecular weight is 1030 g/mol. The summed E-state index contributed by atoms with van der Waals surface area (Å²) in [5, 5.41) is 13.8. The van der Waals surface area contributed by atoms with E-state index >= 15 is 0 Å². The lowest BCUT2D eigenvalue weighted by atomic mass is 10.0. The van der Waals surface area contributed by atoms with Crippen LogP contribution in [0.4, 0.5) is 0 Å². The van der Waals surface area contributed by atoms with Gasteiger partial charge in [0, 0.05) is 6.42 Å². The Morgan fingerprint density at radius 2 is 0.861 bits per heavy atom. The molecule has 0 fully saturated rings. The predicted molar refractivity (Wildman–Crippen MR) is 311 cm³/mol. The highest BCUT2D eigenvalue weighted by Gasteiger charge is 2.23. The first kappa shape index (κ1) is 69.9. The van der Waals surface area contributed by atoms with Crippen LogP contribution >= 0.6 is 7.82 Å². The van der Waals surface area contributed by atoms with Crippen molar-refractivity contribution in [2.24, 2.45) is 0 Å². The molecule has 0 aliphatic carbocycles. The number of quaternary nitrogens is 1. The summed E-state index contributed by atoms with van der Waals surface area (Å²) in [6, 6.07) is -0.902. The molecular weight excluding hydrogens is 912 g/mol. The van der Waals surface area contributed by atoms with E-state index in [1.165, 1.54) is 186 Å². The van der Waals surface area contributed by atoms with Gasteiger partial charge < -0.3 is 28.8 Å². The average Bonchev–Trinajstić information content (AvgIpc) is 3.34. The summed E-state index contributed by atoms with van der Waals surface area (Å²) >= 11 is 0. The van der Waals surface area contributed by atoms with E-state index in [9.17, 15) is 19.4 Å². The van der Waals surface area contributed by atoms with Crippen molar-refractivity contribution in [3.8, 4) is 0 Å². The van der Waals surface area contributed by atoms with Crippen molar-refractivity contribution in [1.29, 1.82) is 0 Å². The van der Waals surface area contributed by atoms with Gasteiger partial charge in [0.25, 0.3) is 7.82 Å². The fourth-order valence-electron chi connectivity index (χ4n) is 8.69. The fourth-order valence-corrected chi connectivity index (χ4v) is 9.41. The number of rotatable bonds is 55. The third-order valence-electron chi connectivity index (χ3n) is 13.4. The molecule has 0 saturated heterocycles. The van der Waals surface area contributed by atoms with Crippen LogP contribution in [0, 0.1) is 0 Å². The summed E-state index contributed by atoms with van der Waals surface area (Å²) in [6.07, 6.45) is 74.6. The van der Waals surface area contributed by atoms with Gasteiger partial charge in [-0.2, -0.15) is 0 Å². The quantitative estimate of drug-likeness (QED) is 0.0272. The van der Waals surface area contributed by atoms with Crippen molar-refractivity contribution in [1.82, 2.24) is 5.32 Å². The molecule has 0 aromatic heterocycles. The normalized spacial score (nSPS) is 14.4. The SMILES string of the molecule is CC/C=C\C/C=C\C/C=C\C/C=C\CCCCCCCCCCCCCCCCCCCCCCCCCCCCC(=O)NC(COP(=O)([O-])OCC[N+](C)(C)C)C(O)/C=C/CC/C=C/CCCCCCC. The van der Waals surface area contributed by atoms with Crippen LogP contribution in [0.5, 0.6) is 0 Å². The number of nitrogens with zero attached hydrogens (tertiary/aromatic N) is 1. The second-order valence-electron chi connectivity index (χ2n) is 21.7. The predicted octanol–water partition coefficient (Wildman–Crippen LogP) is 18.0. The molecule has 1 amide bonds. The third kappa shape index (κ3) is 55.7. The summed E-state index contributed by atoms with van der Waals surface area (Å²) in [5.74, 6) is -0.206. The molecule has 2 N–H and O–H groups in total. The summed E-state index contributed by atoms with van der Waals surface area (Å²) in [6.45, 7) is 4.50. The van der Waals surface area contributed by atoms with E-state index in [4.69, 9.17) is 9.05 Å². The molecule has 0 rings (SSSR count). The zero-order valence-corrected chi connectivity index (χ0v) is 48.8. The monoisotopic (exact) mass is 1030 g/mol. The molecule has 0 aromatic rings. The molecule has 0 aromatic carbocycles. The Bertz CT molecular complexity index is 1400. The van der Waals surface area contributed by atoms with E-state index in [0.29, 0.717) is 17.4 Å². The molecule has 420 valence electrons. The number of unbranched alkanes of at least 4 members (excludes halogenated alkanes) is 32. The molecule has 0 spiro atoms. The van der Waals surface area contributed by atoms with Crippen LogP contribution in [0.3, 0.4) is 0 Å². The zero-order chi connectivity index (χ0) is 52.7. The summed E-state index contributed by atoms with van der Waals surface area (Å²) in [5.41, 5.74) is 0. The molecule has 0 bridgehead atoms. The maximum Gasteiger partial charge on any atom is 0.268 e. The van der Waals surface area contributed by atoms with E-state index in [-0.39, 0.29) is 12.5 Å². The number of allylic oxidation sites excluding steroid dienone is 11. The molecule has 0 radical (unpaired) electrons. The molecule has 3 atom stereocenters. The molecular formula is C63H117N2O6P. The van der Waals surface area contributed by atoms with Gasteiger partial charge in [-0.15, -0.1) is 0 Å². The van der Waals surface area contributed by atoms with Crippen LogP contribution in [-0.4, -0.2) is 68.5 Å². The summed E-state index contributed by atoms with van der Waals surface area (Å²) in [4.78, 5) is 25.4. The molecule has 0 aliphatic heterocycles. The van der Waals surface area contributed by atoms with Crippen LogP contribution in [0.25, 0.3) is 0 Å². The Morgan fingerprint density at radius 1 is 0.500 bits per heavy atom. The number of amides is 1. The van der Waals surface area contributed by atoms with Crippen LogP contribution in [0.1, 0.15) is 271 Å². The van der Waals surface area contributed by atoms with E-state index in [2.05, 4.69) is 79.9 Å². The highest BCUT2D eigenvalue weighted by molar-refractivity contribution is 7.45. The number of phosphoric acid groups is 1. The van der Waals surface area contributed by atoms with Crippen LogP contribution < -0.4 is 10.2 Å². The number of nitrogens with one attached hydrogen (secondary N) is 1. The van der Waals surface area contributed by atoms with Gasteiger partial charge in [-0.05, 0) is 70.6 Å². The van der Waals surface area contributed by atoms with E-state index in [0.717, 1.165) is 64.2 Å². The fraction of sp³-hybridized carbons (Fsp3) is 0.794. The molecule has 9 heteroatoms. The lowest BCUT2D eigenvalue weighted by molar-refractivity contribution is -0.870. The van der Waals surface area contributed by atoms with E-state index in [1.807, 2.05) is 27.2 Å². The molecule has 72 heavy (non-hydrogen) atoms. The lowest BCUT2D eigenvalue weighted by Gasteiger charge is -2.29. The van der Waals surface area contributed by atoms with E-state index < -0.39 is 26.6 Å². The molecule has 0 heterocycles. The third-order valence-corrected chi connectivity index (χ3v) is 14.4. The molecule has 8 nitrogen and oxygen atoms in total. The Kier molecular flexibility index (Phi) is 52.2. The summed E-state index contributed by atoms with van der Waals surface area (Å²) in [7, 11) is 1.25. The minimum atomic E-state index is -4.60. The van der Waals surface area contributed by atoms with Crippen LogP contribution in [0.15, 0.2) is 72.9 Å². The highest BCUT2D eigenvalue weighted by Crippen LogP contribution is 2.38. The van der Waals surface area contributed by atoms with Crippen molar-refractivity contribution >= 4 is 13.7 Å². The second kappa shape index (κ2) is 53.8.